The van der Waals surface area contributed by atoms with Crippen molar-refractivity contribution < 1.29 is 36.9 Å². The number of hydrogen-bond acceptors (Lipinski definition) is 6. The maximum absolute atomic E-state index is 13.8. The van der Waals surface area contributed by atoms with E-state index in [1.54, 1.807) is 13.1 Å². The third kappa shape index (κ3) is 6.71. The van der Waals surface area contributed by atoms with Crippen molar-refractivity contribution in [3.8, 4) is 22.6 Å². The third-order valence-corrected chi connectivity index (χ3v) is 5.99. The molecule has 0 unspecified atom stereocenters. The van der Waals surface area contributed by atoms with Crippen LogP contribution in [0.1, 0.15) is 25.0 Å². The first-order valence-electron chi connectivity index (χ1n) is 11.7. The molecule has 2 N–H and O–H groups in total. The Kier molecular flexibility index (Phi) is 9.16. The molecule has 7 nitrogen and oxygen atoms in total. The van der Waals surface area contributed by atoms with E-state index in [4.69, 9.17) is 5.11 Å². The summed E-state index contributed by atoms with van der Waals surface area (Å²) in [6.45, 7) is -1.22. The summed E-state index contributed by atoms with van der Waals surface area (Å²) < 4.78 is 60.4. The molecule has 0 bridgehead atoms. The number of carbonyl (C=O) groups excluding carboxylic acids is 1. The molecule has 3 rings (SSSR count). The number of alkyl halides is 4. The minimum atomic E-state index is -3.20. The first kappa shape index (κ1) is 28.7. The van der Waals surface area contributed by atoms with Crippen LogP contribution in [0.25, 0.3) is 11.1 Å². The van der Waals surface area contributed by atoms with Crippen molar-refractivity contribution in [1.82, 2.24) is 4.98 Å². The highest BCUT2D eigenvalue weighted by atomic mass is 19.3. The van der Waals surface area contributed by atoms with Crippen LogP contribution in [0.3, 0.4) is 0 Å². The first-order chi connectivity index (χ1) is 17.9. The maximum Gasteiger partial charge on any atom is 0.387 e. The lowest BCUT2D eigenvalue weighted by atomic mass is 9.82. The Morgan fingerprint density at radius 1 is 1.03 bits per heavy atom. The monoisotopic (exact) mass is 535 g/mol. The summed E-state index contributed by atoms with van der Waals surface area (Å²) in [5.74, 6) is -0.814. The number of halogens is 4. The number of benzene rings is 2. The highest BCUT2D eigenvalue weighted by Gasteiger charge is 2.35. The maximum atomic E-state index is 13.8. The summed E-state index contributed by atoms with van der Waals surface area (Å²) in [6.07, 6.45) is 1.51. The Labute approximate surface area is 218 Å². The van der Waals surface area contributed by atoms with E-state index >= 15 is 0 Å². The highest BCUT2D eigenvalue weighted by molar-refractivity contribution is 6.03. The van der Waals surface area contributed by atoms with Crippen LogP contribution in [-0.2, 0) is 10.2 Å². The van der Waals surface area contributed by atoms with Crippen molar-refractivity contribution in [3.63, 3.8) is 0 Å². The van der Waals surface area contributed by atoms with Crippen molar-refractivity contribution in [2.45, 2.75) is 39.4 Å². The largest absolute Gasteiger partial charge is 0.435 e. The van der Waals surface area contributed by atoms with Gasteiger partial charge in [-0.25, -0.2) is 4.98 Å². The number of amides is 1. The van der Waals surface area contributed by atoms with Gasteiger partial charge in [0.25, 0.3) is 0 Å². The number of aliphatic hydroxyl groups excluding tert-OH is 1. The van der Waals surface area contributed by atoms with Gasteiger partial charge in [0.2, 0.25) is 5.91 Å². The van der Waals surface area contributed by atoms with E-state index in [-0.39, 0.29) is 18.7 Å². The number of rotatable bonds is 11. The second kappa shape index (κ2) is 12.1. The van der Waals surface area contributed by atoms with Gasteiger partial charge in [0, 0.05) is 25.2 Å². The molecule has 0 aliphatic carbocycles. The molecule has 1 aromatic heterocycles. The minimum absolute atomic E-state index is 0.0959. The number of nitrogens with zero attached hydrogens (tertiary/aromatic N) is 2. The Hall–Kier alpha value is -3.86. The molecule has 2 aromatic carbocycles. The molecule has 0 saturated carbocycles. The van der Waals surface area contributed by atoms with E-state index < -0.39 is 36.0 Å². The van der Waals surface area contributed by atoms with Crippen LogP contribution in [0.5, 0.6) is 11.5 Å². The van der Waals surface area contributed by atoms with Gasteiger partial charge in [-0.1, -0.05) is 24.3 Å². The number of carbonyl (C=O) groups is 1. The van der Waals surface area contributed by atoms with E-state index in [9.17, 15) is 22.4 Å². The van der Waals surface area contributed by atoms with Crippen molar-refractivity contribution >= 4 is 17.4 Å². The standard InChI is InChI=1S/C27H29F4N3O4/c1-16-7-5-6-8-20(16)21-14-23(32-9-10-35)33-15-22(21)34(4)24(36)27(2,3)17-11-18(37-25(28)29)13-19(12-17)38-26(30)31/h5-8,11-15,25-26,35H,9-10H2,1-4H3,(H,32,33). The SMILES string of the molecule is Cc1ccccc1-c1cc(NCCO)ncc1N(C)C(=O)C(C)(C)c1cc(OC(F)F)cc(OC(F)F)c1. The molecule has 204 valence electrons. The topological polar surface area (TPSA) is 83.9 Å². The summed E-state index contributed by atoms with van der Waals surface area (Å²) in [5.41, 5.74) is 1.67. The minimum Gasteiger partial charge on any atom is -0.435 e. The molecule has 1 heterocycles. The van der Waals surface area contributed by atoms with Gasteiger partial charge < -0.3 is 24.8 Å². The average Bonchev–Trinajstić information content (AvgIpc) is 2.85. The van der Waals surface area contributed by atoms with Gasteiger partial charge in [-0.05, 0) is 55.7 Å². The smallest absolute Gasteiger partial charge is 0.387 e. The van der Waals surface area contributed by atoms with E-state index in [0.717, 1.165) is 17.2 Å². The molecular formula is C27H29F4N3O4. The van der Waals surface area contributed by atoms with Crippen LogP contribution in [0, 0.1) is 6.92 Å². The Bertz CT molecular complexity index is 1240. The molecule has 38 heavy (non-hydrogen) atoms. The zero-order valence-corrected chi connectivity index (χ0v) is 21.3. The van der Waals surface area contributed by atoms with Gasteiger partial charge in [0.1, 0.15) is 17.3 Å². The molecule has 3 aromatic rings. The van der Waals surface area contributed by atoms with Crippen molar-refractivity contribution in [1.29, 1.82) is 0 Å². The summed E-state index contributed by atoms with van der Waals surface area (Å²) in [7, 11) is 1.54. The summed E-state index contributed by atoms with van der Waals surface area (Å²) in [5, 5.41) is 12.2. The molecule has 0 radical (unpaired) electrons. The van der Waals surface area contributed by atoms with E-state index in [1.165, 1.54) is 37.1 Å². The fourth-order valence-electron chi connectivity index (χ4n) is 4.01. The molecule has 0 fully saturated rings. The normalized spacial score (nSPS) is 11.6. The van der Waals surface area contributed by atoms with E-state index in [1.807, 2.05) is 31.2 Å². The van der Waals surface area contributed by atoms with Crippen LogP contribution in [-0.4, -0.2) is 49.4 Å². The van der Waals surface area contributed by atoms with Crippen LogP contribution < -0.4 is 19.7 Å². The van der Waals surface area contributed by atoms with Gasteiger partial charge in [0.15, 0.2) is 0 Å². The van der Waals surface area contributed by atoms with Crippen molar-refractivity contribution in [2.75, 3.05) is 30.4 Å². The lowest BCUT2D eigenvalue weighted by Gasteiger charge is -2.31. The van der Waals surface area contributed by atoms with Crippen molar-refractivity contribution in [2.24, 2.45) is 0 Å². The molecule has 0 saturated heterocycles. The zero-order valence-electron chi connectivity index (χ0n) is 21.3. The number of aryl methyl sites for hydroxylation is 1. The van der Waals surface area contributed by atoms with Crippen molar-refractivity contribution in [3.05, 3.63) is 65.9 Å². The molecule has 0 atom stereocenters. The lowest BCUT2D eigenvalue weighted by Crippen LogP contribution is -2.41. The fourth-order valence-corrected chi connectivity index (χ4v) is 4.01. The zero-order chi connectivity index (χ0) is 28.0. The summed E-state index contributed by atoms with van der Waals surface area (Å²) in [6, 6.07) is 12.6. The Balaban J connectivity index is 2.06. The molecule has 0 aliphatic heterocycles. The molecule has 1 amide bonds. The highest BCUT2D eigenvalue weighted by Crippen LogP contribution is 2.38. The number of hydrogen-bond donors (Lipinski definition) is 2. The predicted octanol–water partition coefficient (Wildman–Crippen LogP) is 5.60. The molecular weight excluding hydrogens is 506 g/mol. The van der Waals surface area contributed by atoms with Gasteiger partial charge in [-0.3, -0.25) is 4.79 Å². The number of nitrogens with one attached hydrogen (secondary N) is 1. The summed E-state index contributed by atoms with van der Waals surface area (Å²) >= 11 is 0. The number of ether oxygens (including phenoxy) is 2. The second-order valence-corrected chi connectivity index (χ2v) is 8.99. The third-order valence-electron chi connectivity index (χ3n) is 5.99. The van der Waals surface area contributed by atoms with E-state index in [0.29, 0.717) is 17.1 Å². The number of aromatic nitrogens is 1. The van der Waals surface area contributed by atoms with Crippen LogP contribution in [0.4, 0.5) is 29.1 Å². The predicted molar refractivity (Wildman–Crippen MR) is 136 cm³/mol. The van der Waals surface area contributed by atoms with Gasteiger partial charge >= 0.3 is 13.2 Å². The number of aliphatic hydroxyl groups is 1. The number of pyridine rings is 1. The average molecular weight is 536 g/mol. The molecule has 11 heteroatoms. The lowest BCUT2D eigenvalue weighted by molar-refractivity contribution is -0.122. The Morgan fingerprint density at radius 2 is 1.63 bits per heavy atom. The first-order valence-corrected chi connectivity index (χ1v) is 11.7. The van der Waals surface area contributed by atoms with Crippen LogP contribution in [0.2, 0.25) is 0 Å². The quantitative estimate of drug-likeness (QED) is 0.311. The Morgan fingerprint density at radius 3 is 2.18 bits per heavy atom. The van der Waals surface area contributed by atoms with Gasteiger partial charge in [-0.15, -0.1) is 0 Å². The van der Waals surface area contributed by atoms with Gasteiger partial charge in [-0.2, -0.15) is 17.6 Å². The summed E-state index contributed by atoms with van der Waals surface area (Å²) in [4.78, 5) is 19.6. The number of anilines is 2. The molecule has 0 spiro atoms. The fraction of sp³-hybridized carbons (Fsp3) is 0.333. The van der Waals surface area contributed by atoms with Crippen LogP contribution >= 0.6 is 0 Å². The van der Waals surface area contributed by atoms with E-state index in [2.05, 4.69) is 19.8 Å². The second-order valence-electron chi connectivity index (χ2n) is 8.99. The van der Waals surface area contributed by atoms with Gasteiger partial charge in [0.05, 0.1) is 23.9 Å². The molecule has 0 aliphatic rings. The number of likely N-dealkylation sites (N-methyl/N-ethyl adjacent to an activating group) is 1. The van der Waals surface area contributed by atoms with Crippen LogP contribution in [0.15, 0.2) is 54.7 Å².